The second-order valence-electron chi connectivity index (χ2n) is 5.15. The number of hydrogen-bond donors (Lipinski definition) is 0. The first-order valence-corrected chi connectivity index (χ1v) is 7.04. The summed E-state index contributed by atoms with van der Waals surface area (Å²) in [4.78, 5) is 23.6. The Hall–Kier alpha value is -3.28. The third-order valence-corrected chi connectivity index (χ3v) is 3.62. The van der Waals surface area contributed by atoms with Crippen LogP contribution >= 0.6 is 0 Å². The van der Waals surface area contributed by atoms with E-state index in [0.29, 0.717) is 23.5 Å². The highest BCUT2D eigenvalue weighted by molar-refractivity contribution is 5.82. The standard InChI is InChI=1S/C17H12N4O2/c1-21-7-6-19-16(21)11-2-3-15-14(9-11)20-17(23-15)12-4-5-18-13(8-12)10-22/h2-10H,1H3. The minimum absolute atomic E-state index is 0.346. The lowest BCUT2D eigenvalue weighted by Crippen LogP contribution is -1.90. The highest BCUT2D eigenvalue weighted by atomic mass is 16.3. The van der Waals surface area contributed by atoms with Crippen LogP contribution in [0, 0.1) is 0 Å². The molecule has 1 aromatic carbocycles. The Labute approximate surface area is 131 Å². The van der Waals surface area contributed by atoms with Crippen molar-refractivity contribution in [3.05, 3.63) is 54.6 Å². The average molecular weight is 304 g/mol. The second kappa shape index (κ2) is 5.17. The first-order valence-electron chi connectivity index (χ1n) is 7.04. The van der Waals surface area contributed by atoms with Gasteiger partial charge in [0, 0.05) is 36.8 Å². The van der Waals surface area contributed by atoms with Gasteiger partial charge in [-0.15, -0.1) is 0 Å². The van der Waals surface area contributed by atoms with Crippen LogP contribution in [0.25, 0.3) is 33.9 Å². The maximum absolute atomic E-state index is 10.8. The zero-order chi connectivity index (χ0) is 15.8. The molecule has 0 radical (unpaired) electrons. The molecule has 0 aliphatic rings. The highest BCUT2D eigenvalue weighted by Gasteiger charge is 2.11. The largest absolute Gasteiger partial charge is 0.436 e. The molecule has 0 fully saturated rings. The number of oxazole rings is 1. The third kappa shape index (κ3) is 2.30. The van der Waals surface area contributed by atoms with E-state index in [1.54, 1.807) is 24.5 Å². The van der Waals surface area contributed by atoms with E-state index in [4.69, 9.17) is 4.42 Å². The van der Waals surface area contributed by atoms with Gasteiger partial charge in [0.05, 0.1) is 0 Å². The lowest BCUT2D eigenvalue weighted by molar-refractivity contribution is 0.111. The van der Waals surface area contributed by atoms with Gasteiger partial charge in [-0.3, -0.25) is 9.78 Å². The molecule has 0 atom stereocenters. The van der Waals surface area contributed by atoms with E-state index >= 15 is 0 Å². The van der Waals surface area contributed by atoms with Crippen molar-refractivity contribution >= 4 is 17.4 Å². The predicted octanol–water partition coefficient (Wildman–Crippen LogP) is 3.10. The minimum atomic E-state index is 0.346. The zero-order valence-corrected chi connectivity index (χ0v) is 12.3. The molecule has 23 heavy (non-hydrogen) atoms. The Kier molecular flexibility index (Phi) is 3.01. The van der Waals surface area contributed by atoms with E-state index in [2.05, 4.69) is 15.0 Å². The number of fused-ring (bicyclic) bond motifs is 1. The van der Waals surface area contributed by atoms with Crippen LogP contribution in [0.2, 0.25) is 0 Å². The summed E-state index contributed by atoms with van der Waals surface area (Å²) in [6, 6.07) is 9.17. The number of nitrogens with zero attached hydrogens (tertiary/aromatic N) is 4. The van der Waals surface area contributed by atoms with E-state index in [-0.39, 0.29) is 0 Å². The lowest BCUT2D eigenvalue weighted by Gasteiger charge is -2.00. The summed E-state index contributed by atoms with van der Waals surface area (Å²) in [6.07, 6.45) is 5.91. The minimum Gasteiger partial charge on any atom is -0.436 e. The molecule has 0 bridgehead atoms. The van der Waals surface area contributed by atoms with Crippen molar-refractivity contribution in [2.24, 2.45) is 7.05 Å². The van der Waals surface area contributed by atoms with Gasteiger partial charge in [-0.2, -0.15) is 0 Å². The molecular weight excluding hydrogens is 292 g/mol. The Morgan fingerprint density at radius 3 is 2.78 bits per heavy atom. The molecule has 0 saturated heterocycles. The fourth-order valence-electron chi connectivity index (χ4n) is 2.48. The summed E-state index contributed by atoms with van der Waals surface area (Å²) in [5.41, 5.74) is 3.45. The van der Waals surface area contributed by atoms with Crippen LogP contribution in [0.5, 0.6) is 0 Å². The first kappa shape index (κ1) is 13.4. The van der Waals surface area contributed by atoms with E-state index < -0.39 is 0 Å². The summed E-state index contributed by atoms with van der Waals surface area (Å²) in [7, 11) is 1.94. The molecule has 0 spiro atoms. The van der Waals surface area contributed by atoms with E-state index in [1.165, 1.54) is 0 Å². The summed E-state index contributed by atoms with van der Waals surface area (Å²) in [5, 5.41) is 0. The molecule has 6 heteroatoms. The summed E-state index contributed by atoms with van der Waals surface area (Å²) >= 11 is 0. The van der Waals surface area contributed by atoms with E-state index in [1.807, 2.05) is 36.0 Å². The molecule has 0 saturated carbocycles. The number of rotatable bonds is 3. The van der Waals surface area contributed by atoms with Crippen molar-refractivity contribution < 1.29 is 9.21 Å². The number of aryl methyl sites for hydroxylation is 1. The molecule has 112 valence electrons. The van der Waals surface area contributed by atoms with Crippen LogP contribution in [-0.2, 0) is 7.05 Å². The van der Waals surface area contributed by atoms with Gasteiger partial charge in [0.2, 0.25) is 5.89 Å². The topological polar surface area (TPSA) is 73.8 Å². The number of carbonyl (C=O) groups excluding carboxylic acids is 1. The van der Waals surface area contributed by atoms with Crippen LogP contribution in [0.3, 0.4) is 0 Å². The Morgan fingerprint density at radius 1 is 1.09 bits per heavy atom. The molecule has 0 aliphatic heterocycles. The van der Waals surface area contributed by atoms with E-state index in [9.17, 15) is 4.79 Å². The van der Waals surface area contributed by atoms with Crippen molar-refractivity contribution in [1.29, 1.82) is 0 Å². The predicted molar refractivity (Wildman–Crippen MR) is 84.8 cm³/mol. The van der Waals surface area contributed by atoms with Gasteiger partial charge in [0.15, 0.2) is 11.9 Å². The van der Waals surface area contributed by atoms with Crippen molar-refractivity contribution in [2.45, 2.75) is 0 Å². The van der Waals surface area contributed by atoms with Gasteiger partial charge in [0.25, 0.3) is 0 Å². The number of benzene rings is 1. The quantitative estimate of drug-likeness (QED) is 0.544. The first-order chi connectivity index (χ1) is 11.2. The van der Waals surface area contributed by atoms with Gasteiger partial charge in [-0.25, -0.2) is 9.97 Å². The molecule has 6 nitrogen and oxygen atoms in total. The highest BCUT2D eigenvalue weighted by Crippen LogP contribution is 2.27. The van der Waals surface area contributed by atoms with Gasteiger partial charge in [-0.1, -0.05) is 0 Å². The number of carbonyl (C=O) groups is 1. The molecule has 3 aromatic heterocycles. The van der Waals surface area contributed by atoms with Gasteiger partial charge in [0.1, 0.15) is 17.0 Å². The Morgan fingerprint density at radius 2 is 2.00 bits per heavy atom. The number of aromatic nitrogens is 4. The van der Waals surface area contributed by atoms with Crippen molar-refractivity contribution in [1.82, 2.24) is 19.5 Å². The van der Waals surface area contributed by atoms with Gasteiger partial charge < -0.3 is 8.98 Å². The maximum atomic E-state index is 10.8. The fraction of sp³-hybridized carbons (Fsp3) is 0.0588. The summed E-state index contributed by atoms with van der Waals surface area (Å²) in [6.45, 7) is 0. The number of imidazole rings is 1. The van der Waals surface area contributed by atoms with Gasteiger partial charge >= 0.3 is 0 Å². The van der Waals surface area contributed by atoms with Crippen molar-refractivity contribution in [3.8, 4) is 22.8 Å². The molecule has 0 N–H and O–H groups in total. The van der Waals surface area contributed by atoms with Crippen molar-refractivity contribution in [3.63, 3.8) is 0 Å². The van der Waals surface area contributed by atoms with E-state index in [0.717, 1.165) is 22.5 Å². The molecule has 4 aromatic rings. The average Bonchev–Trinajstić information content (AvgIpc) is 3.20. The van der Waals surface area contributed by atoms with Gasteiger partial charge in [-0.05, 0) is 30.3 Å². The van der Waals surface area contributed by atoms with Crippen molar-refractivity contribution in [2.75, 3.05) is 0 Å². The fourth-order valence-corrected chi connectivity index (χ4v) is 2.48. The monoisotopic (exact) mass is 304 g/mol. The Bertz CT molecular complexity index is 1020. The Balaban J connectivity index is 1.82. The lowest BCUT2D eigenvalue weighted by atomic mass is 10.2. The molecule has 0 amide bonds. The number of pyridine rings is 1. The molecular formula is C17H12N4O2. The second-order valence-corrected chi connectivity index (χ2v) is 5.15. The van der Waals surface area contributed by atoms with Crippen LogP contribution in [0.1, 0.15) is 10.5 Å². The molecule has 4 rings (SSSR count). The summed E-state index contributed by atoms with van der Waals surface area (Å²) < 4.78 is 7.72. The summed E-state index contributed by atoms with van der Waals surface area (Å²) in [5.74, 6) is 1.33. The van der Waals surface area contributed by atoms with Crippen LogP contribution < -0.4 is 0 Å². The van der Waals surface area contributed by atoms with Crippen LogP contribution in [0.4, 0.5) is 0 Å². The molecule has 0 aliphatic carbocycles. The normalized spacial score (nSPS) is 11.0. The molecule has 0 unspecified atom stereocenters. The SMILES string of the molecule is Cn1ccnc1-c1ccc2oc(-c3ccnc(C=O)c3)nc2c1. The van der Waals surface area contributed by atoms with Crippen LogP contribution in [0.15, 0.2) is 53.3 Å². The maximum Gasteiger partial charge on any atom is 0.227 e. The molecule has 3 heterocycles. The van der Waals surface area contributed by atoms with Crippen LogP contribution in [-0.4, -0.2) is 25.8 Å². The third-order valence-electron chi connectivity index (χ3n) is 3.62. The number of hydrogen-bond acceptors (Lipinski definition) is 5. The number of aldehydes is 1. The zero-order valence-electron chi connectivity index (χ0n) is 12.3. The smallest absolute Gasteiger partial charge is 0.227 e.